The van der Waals surface area contributed by atoms with Crippen LogP contribution in [0, 0.1) is 0 Å². The van der Waals surface area contributed by atoms with Crippen molar-refractivity contribution in [3.8, 4) is 5.69 Å². The number of rotatable bonds is 3. The van der Waals surface area contributed by atoms with Crippen LogP contribution in [0.5, 0.6) is 0 Å². The topological polar surface area (TPSA) is 54.9 Å². The second-order valence-corrected chi connectivity index (χ2v) is 5.96. The van der Waals surface area contributed by atoms with Gasteiger partial charge in [0.15, 0.2) is 0 Å². The smallest absolute Gasteiger partial charge is 0.297 e. The summed E-state index contributed by atoms with van der Waals surface area (Å²) in [5.74, 6) is 0. The highest BCUT2D eigenvalue weighted by Gasteiger charge is 2.18. The van der Waals surface area contributed by atoms with Gasteiger partial charge in [-0.3, -0.25) is 9.78 Å². The lowest BCUT2D eigenvalue weighted by molar-refractivity contribution is 0.812. The summed E-state index contributed by atoms with van der Waals surface area (Å²) in [4.78, 5) is 27.0. The third-order valence-electron chi connectivity index (χ3n) is 2.85. The predicted octanol–water partition coefficient (Wildman–Crippen LogP) is 4.09. The summed E-state index contributed by atoms with van der Waals surface area (Å²) in [6, 6.07) is 2.81. The molecule has 21 heavy (non-hydrogen) atoms. The first-order valence-electron chi connectivity index (χ1n) is 6.05. The minimum absolute atomic E-state index is 0.0318. The monoisotopic (exact) mass is 366 g/mol. The number of halogens is 4. The van der Waals surface area contributed by atoms with Crippen molar-refractivity contribution in [3.05, 3.63) is 58.8 Å². The van der Waals surface area contributed by atoms with E-state index in [-0.39, 0.29) is 20.9 Å². The lowest BCUT2D eigenvalue weighted by Crippen LogP contribution is -2.36. The Balaban J connectivity index is 2.86. The van der Waals surface area contributed by atoms with Gasteiger partial charge in [-0.2, -0.15) is 0 Å². The van der Waals surface area contributed by atoms with Gasteiger partial charge in [0.1, 0.15) is 5.15 Å². The van der Waals surface area contributed by atoms with E-state index in [1.807, 2.05) is 6.92 Å². The van der Waals surface area contributed by atoms with Gasteiger partial charge in [0.05, 0.1) is 21.3 Å². The summed E-state index contributed by atoms with van der Waals surface area (Å²) in [6.45, 7) is 1.90. The molecular formula is C13H10Cl4N2O2. The molecule has 0 amide bonds. The molecule has 0 radical (unpaired) electrons. The average Bonchev–Trinajstić information content (AvgIpc) is 2.37. The van der Waals surface area contributed by atoms with Crippen LogP contribution in [0.3, 0.4) is 0 Å². The van der Waals surface area contributed by atoms with E-state index in [1.165, 1.54) is 12.1 Å². The molecule has 1 N–H and O–H groups in total. The van der Waals surface area contributed by atoms with Crippen LogP contribution in [0.2, 0.25) is 20.2 Å². The maximum absolute atomic E-state index is 12.5. The highest BCUT2D eigenvalue weighted by atomic mass is 35.5. The molecule has 0 saturated heterocycles. The van der Waals surface area contributed by atoms with Gasteiger partial charge in [0, 0.05) is 5.02 Å². The van der Waals surface area contributed by atoms with E-state index in [2.05, 4.69) is 4.98 Å². The van der Waals surface area contributed by atoms with Crippen LogP contribution >= 0.6 is 46.4 Å². The fourth-order valence-electron chi connectivity index (χ4n) is 1.96. The highest BCUT2D eigenvalue weighted by Crippen LogP contribution is 2.30. The van der Waals surface area contributed by atoms with Gasteiger partial charge in [-0.1, -0.05) is 59.7 Å². The average molecular weight is 368 g/mol. The highest BCUT2D eigenvalue weighted by molar-refractivity contribution is 6.40. The molecule has 1 aromatic carbocycles. The van der Waals surface area contributed by atoms with Gasteiger partial charge in [0.25, 0.3) is 5.56 Å². The lowest BCUT2D eigenvalue weighted by atomic mass is 10.2. The van der Waals surface area contributed by atoms with Gasteiger partial charge in [-0.25, -0.2) is 9.36 Å². The SMILES string of the molecule is CCCc1c(Cl)[nH]c(=O)n(-c2c(Cl)cc(Cl)cc2Cl)c1=O. The molecule has 2 aromatic rings. The molecule has 0 spiro atoms. The molecule has 2 rings (SSSR count). The van der Waals surface area contributed by atoms with Crippen LogP contribution in [0.1, 0.15) is 18.9 Å². The number of H-pyrrole nitrogens is 1. The van der Waals surface area contributed by atoms with Crippen molar-refractivity contribution in [1.29, 1.82) is 0 Å². The summed E-state index contributed by atoms with van der Waals surface area (Å²) < 4.78 is 0.873. The zero-order valence-electron chi connectivity index (χ0n) is 10.8. The van der Waals surface area contributed by atoms with Crippen LogP contribution < -0.4 is 11.2 Å². The molecule has 0 aliphatic heterocycles. The van der Waals surface area contributed by atoms with Gasteiger partial charge in [-0.05, 0) is 18.6 Å². The summed E-state index contributed by atoms with van der Waals surface area (Å²) in [5.41, 5.74) is -0.864. The van der Waals surface area contributed by atoms with Crippen molar-refractivity contribution in [2.45, 2.75) is 19.8 Å². The van der Waals surface area contributed by atoms with Crippen molar-refractivity contribution in [3.63, 3.8) is 0 Å². The summed E-state index contributed by atoms with van der Waals surface area (Å²) in [5, 5.41) is 0.542. The summed E-state index contributed by atoms with van der Waals surface area (Å²) >= 11 is 23.9. The molecule has 0 fully saturated rings. The van der Waals surface area contributed by atoms with Crippen molar-refractivity contribution in [1.82, 2.24) is 9.55 Å². The van der Waals surface area contributed by atoms with E-state index in [0.717, 1.165) is 4.57 Å². The maximum atomic E-state index is 12.5. The minimum atomic E-state index is -0.712. The molecule has 0 unspecified atom stereocenters. The number of nitrogens with one attached hydrogen (secondary N) is 1. The Morgan fingerprint density at radius 1 is 1.10 bits per heavy atom. The molecule has 0 bridgehead atoms. The molecule has 0 saturated carbocycles. The summed E-state index contributed by atoms with van der Waals surface area (Å²) in [7, 11) is 0. The molecule has 1 aromatic heterocycles. The molecule has 8 heteroatoms. The van der Waals surface area contributed by atoms with Gasteiger partial charge < -0.3 is 0 Å². The van der Waals surface area contributed by atoms with Crippen molar-refractivity contribution >= 4 is 46.4 Å². The van der Waals surface area contributed by atoms with E-state index in [4.69, 9.17) is 46.4 Å². The fraction of sp³-hybridized carbons (Fsp3) is 0.231. The molecular weight excluding hydrogens is 358 g/mol. The van der Waals surface area contributed by atoms with Crippen molar-refractivity contribution in [2.24, 2.45) is 0 Å². The summed E-state index contributed by atoms with van der Waals surface area (Å²) in [6.07, 6.45) is 1.13. The maximum Gasteiger partial charge on any atom is 0.334 e. The third kappa shape index (κ3) is 3.14. The number of hydrogen-bond acceptors (Lipinski definition) is 2. The van der Waals surface area contributed by atoms with Crippen LogP contribution in [0.25, 0.3) is 5.69 Å². The first kappa shape index (κ1) is 16.4. The van der Waals surface area contributed by atoms with Crippen LogP contribution in [0.4, 0.5) is 0 Å². The largest absolute Gasteiger partial charge is 0.334 e. The number of aromatic nitrogens is 2. The van der Waals surface area contributed by atoms with Crippen molar-refractivity contribution < 1.29 is 0 Å². The Morgan fingerprint density at radius 3 is 2.19 bits per heavy atom. The van der Waals surface area contributed by atoms with E-state index in [1.54, 1.807) is 0 Å². The number of nitrogens with zero attached hydrogens (tertiary/aromatic N) is 1. The molecule has 0 atom stereocenters. The Kier molecular flexibility index (Phi) is 5.04. The second kappa shape index (κ2) is 6.44. The van der Waals surface area contributed by atoms with E-state index in [9.17, 15) is 9.59 Å². The number of aromatic amines is 1. The van der Waals surface area contributed by atoms with Gasteiger partial charge in [0.2, 0.25) is 0 Å². The predicted molar refractivity (Wildman–Crippen MR) is 86.7 cm³/mol. The van der Waals surface area contributed by atoms with Crippen molar-refractivity contribution in [2.75, 3.05) is 0 Å². The first-order chi connectivity index (χ1) is 9.86. The van der Waals surface area contributed by atoms with Crippen LogP contribution in [-0.2, 0) is 6.42 Å². The molecule has 1 heterocycles. The lowest BCUT2D eigenvalue weighted by Gasteiger charge is -2.12. The zero-order valence-corrected chi connectivity index (χ0v) is 13.9. The fourth-order valence-corrected chi connectivity index (χ4v) is 3.21. The first-order valence-corrected chi connectivity index (χ1v) is 7.56. The number of hydrogen-bond donors (Lipinski definition) is 1. The van der Waals surface area contributed by atoms with Gasteiger partial charge >= 0.3 is 5.69 Å². The minimum Gasteiger partial charge on any atom is -0.297 e. The number of benzene rings is 1. The molecule has 4 nitrogen and oxygen atoms in total. The standard InChI is InChI=1S/C13H10Cl4N2O2/c1-2-3-7-11(17)18-13(21)19(12(7)20)10-8(15)4-6(14)5-9(10)16/h4-5H,2-3H2,1H3,(H,18,21). The zero-order chi connectivity index (χ0) is 15.7. The Labute approximate surface area is 140 Å². The Morgan fingerprint density at radius 2 is 1.67 bits per heavy atom. The Bertz CT molecular complexity index is 788. The van der Waals surface area contributed by atoms with Gasteiger partial charge in [-0.15, -0.1) is 0 Å². The normalized spacial score (nSPS) is 10.9. The van der Waals surface area contributed by atoms with Crippen LogP contribution in [0.15, 0.2) is 21.7 Å². The molecule has 0 aliphatic carbocycles. The molecule has 112 valence electrons. The van der Waals surface area contributed by atoms with E-state index >= 15 is 0 Å². The third-order valence-corrected chi connectivity index (χ3v) is 3.97. The van der Waals surface area contributed by atoms with E-state index < -0.39 is 11.2 Å². The molecule has 0 aliphatic rings. The van der Waals surface area contributed by atoms with Crippen LogP contribution in [-0.4, -0.2) is 9.55 Å². The van der Waals surface area contributed by atoms with E-state index in [0.29, 0.717) is 23.4 Å². The second-order valence-electron chi connectivity index (χ2n) is 4.33. The Hall–Kier alpha value is -0.940. The quantitative estimate of drug-likeness (QED) is 0.830.